The maximum absolute atomic E-state index is 12.5. The molecule has 1 N–H and O–H groups in total. The zero-order valence-corrected chi connectivity index (χ0v) is 13.8. The molecule has 1 saturated heterocycles. The number of hydrogen-bond acceptors (Lipinski definition) is 4. The van der Waals surface area contributed by atoms with Gasteiger partial charge < -0.3 is 10.0 Å². The first-order valence-electron chi connectivity index (χ1n) is 8.76. The Kier molecular flexibility index (Phi) is 5.28. The molecule has 1 aromatic rings. The van der Waals surface area contributed by atoms with Crippen molar-refractivity contribution in [2.45, 2.75) is 50.7 Å². The van der Waals surface area contributed by atoms with Crippen molar-refractivity contribution in [3.05, 3.63) is 30.1 Å². The second kappa shape index (κ2) is 7.41. The van der Waals surface area contributed by atoms with Crippen LogP contribution in [0.25, 0.3) is 0 Å². The average Bonchev–Trinajstić information content (AvgIpc) is 2.57. The number of pyridine rings is 1. The van der Waals surface area contributed by atoms with Gasteiger partial charge >= 0.3 is 0 Å². The van der Waals surface area contributed by atoms with Crippen LogP contribution < -0.4 is 0 Å². The summed E-state index contributed by atoms with van der Waals surface area (Å²) >= 11 is 0. The van der Waals surface area contributed by atoms with Gasteiger partial charge in [-0.1, -0.05) is 19.3 Å². The molecule has 0 unspecified atom stereocenters. The summed E-state index contributed by atoms with van der Waals surface area (Å²) in [6, 6.07) is 4.08. The van der Waals surface area contributed by atoms with E-state index in [0.717, 1.165) is 58.4 Å². The number of carbonyl (C=O) groups excluding carboxylic acids is 1. The molecule has 126 valence electrons. The lowest BCUT2D eigenvalue weighted by Gasteiger charge is -2.37. The maximum Gasteiger partial charge on any atom is 0.225 e. The molecule has 1 aromatic heterocycles. The Morgan fingerprint density at radius 2 is 1.74 bits per heavy atom. The van der Waals surface area contributed by atoms with Crippen LogP contribution in [0, 0.1) is 0 Å². The van der Waals surface area contributed by atoms with E-state index in [1.165, 1.54) is 12.0 Å². The molecule has 2 fully saturated rings. The molecule has 2 heterocycles. The van der Waals surface area contributed by atoms with Gasteiger partial charge in [0.1, 0.15) is 0 Å². The minimum Gasteiger partial charge on any atom is -0.389 e. The number of amides is 1. The highest BCUT2D eigenvalue weighted by molar-refractivity contribution is 5.77. The van der Waals surface area contributed by atoms with Gasteiger partial charge in [0.15, 0.2) is 0 Å². The first-order valence-corrected chi connectivity index (χ1v) is 8.76. The third-order valence-electron chi connectivity index (χ3n) is 5.15. The molecule has 1 aliphatic carbocycles. The highest BCUT2D eigenvalue weighted by Gasteiger charge is 2.34. The van der Waals surface area contributed by atoms with Crippen LogP contribution >= 0.6 is 0 Å². The monoisotopic (exact) mass is 317 g/mol. The Bertz CT molecular complexity index is 506. The lowest BCUT2D eigenvalue weighted by molar-refractivity contribution is -0.139. The van der Waals surface area contributed by atoms with Crippen LogP contribution in [0.5, 0.6) is 0 Å². The summed E-state index contributed by atoms with van der Waals surface area (Å²) in [5, 5.41) is 10.6. The van der Waals surface area contributed by atoms with Gasteiger partial charge in [0.05, 0.1) is 12.0 Å². The summed E-state index contributed by atoms with van der Waals surface area (Å²) in [6.07, 6.45) is 8.77. The van der Waals surface area contributed by atoms with Crippen molar-refractivity contribution in [3.8, 4) is 0 Å². The number of nitrogens with zero attached hydrogens (tertiary/aromatic N) is 3. The first kappa shape index (κ1) is 16.4. The zero-order valence-electron chi connectivity index (χ0n) is 13.8. The Morgan fingerprint density at radius 1 is 1.09 bits per heavy atom. The number of rotatable bonds is 4. The summed E-state index contributed by atoms with van der Waals surface area (Å²) in [6.45, 7) is 4.23. The Balaban J connectivity index is 1.45. The summed E-state index contributed by atoms with van der Waals surface area (Å²) in [4.78, 5) is 20.8. The third kappa shape index (κ3) is 4.52. The summed E-state index contributed by atoms with van der Waals surface area (Å²) in [5.41, 5.74) is 0.514. The SMILES string of the molecule is O=C(CC1(O)CCCCC1)N1CCN(Cc2ccncc2)CC1. The molecule has 2 aliphatic rings. The quantitative estimate of drug-likeness (QED) is 0.920. The minimum atomic E-state index is -0.747. The van der Waals surface area contributed by atoms with E-state index < -0.39 is 5.60 Å². The maximum atomic E-state index is 12.5. The van der Waals surface area contributed by atoms with Crippen molar-refractivity contribution in [3.63, 3.8) is 0 Å². The van der Waals surface area contributed by atoms with Gasteiger partial charge in [-0.2, -0.15) is 0 Å². The number of hydrogen-bond donors (Lipinski definition) is 1. The molecule has 0 radical (unpaired) electrons. The van der Waals surface area contributed by atoms with E-state index in [2.05, 4.69) is 9.88 Å². The Morgan fingerprint density at radius 3 is 2.39 bits per heavy atom. The van der Waals surface area contributed by atoms with E-state index in [0.29, 0.717) is 6.42 Å². The van der Waals surface area contributed by atoms with Crippen LogP contribution in [-0.2, 0) is 11.3 Å². The van der Waals surface area contributed by atoms with Gasteiger partial charge in [-0.05, 0) is 30.5 Å². The van der Waals surface area contributed by atoms with Crippen LogP contribution in [0.2, 0.25) is 0 Å². The standard InChI is InChI=1S/C18H27N3O2/c22-17(14-18(23)6-2-1-3-7-18)21-12-10-20(11-13-21)15-16-4-8-19-9-5-16/h4-5,8-9,23H,1-3,6-7,10-15H2. The molecular formula is C18H27N3O2. The molecule has 5 nitrogen and oxygen atoms in total. The van der Waals surface area contributed by atoms with Crippen molar-refractivity contribution in [1.82, 2.24) is 14.8 Å². The predicted octanol–water partition coefficient (Wildman–Crippen LogP) is 1.81. The van der Waals surface area contributed by atoms with E-state index in [4.69, 9.17) is 0 Å². The second-order valence-electron chi connectivity index (χ2n) is 6.97. The molecule has 1 amide bonds. The molecule has 1 saturated carbocycles. The van der Waals surface area contributed by atoms with Crippen LogP contribution in [0.15, 0.2) is 24.5 Å². The fourth-order valence-electron chi connectivity index (χ4n) is 3.68. The van der Waals surface area contributed by atoms with Gasteiger partial charge in [-0.25, -0.2) is 0 Å². The normalized spacial score (nSPS) is 22.0. The summed E-state index contributed by atoms with van der Waals surface area (Å²) < 4.78 is 0. The van der Waals surface area contributed by atoms with Crippen LogP contribution in [0.4, 0.5) is 0 Å². The smallest absolute Gasteiger partial charge is 0.225 e. The zero-order chi connectivity index (χ0) is 16.1. The van der Waals surface area contributed by atoms with Crippen molar-refractivity contribution < 1.29 is 9.90 Å². The van der Waals surface area contributed by atoms with Gasteiger partial charge in [0.25, 0.3) is 0 Å². The fourth-order valence-corrected chi connectivity index (χ4v) is 3.68. The molecule has 0 aromatic carbocycles. The minimum absolute atomic E-state index is 0.123. The molecule has 0 spiro atoms. The van der Waals surface area contributed by atoms with Gasteiger partial charge in [0.2, 0.25) is 5.91 Å². The summed E-state index contributed by atoms with van der Waals surface area (Å²) in [5.74, 6) is 0.123. The molecule has 3 rings (SSSR count). The number of aromatic nitrogens is 1. The van der Waals surface area contributed by atoms with Gasteiger partial charge in [-0.3, -0.25) is 14.7 Å². The van der Waals surface area contributed by atoms with E-state index in [9.17, 15) is 9.90 Å². The first-order chi connectivity index (χ1) is 11.1. The average molecular weight is 317 g/mol. The van der Waals surface area contributed by atoms with Crippen LogP contribution in [-0.4, -0.2) is 57.6 Å². The van der Waals surface area contributed by atoms with Crippen molar-refractivity contribution >= 4 is 5.91 Å². The highest BCUT2D eigenvalue weighted by Crippen LogP contribution is 2.31. The van der Waals surface area contributed by atoms with Crippen LogP contribution in [0.3, 0.4) is 0 Å². The number of aliphatic hydroxyl groups is 1. The third-order valence-corrected chi connectivity index (χ3v) is 5.15. The lowest BCUT2D eigenvalue weighted by Crippen LogP contribution is -2.50. The van der Waals surface area contributed by atoms with Crippen LogP contribution in [0.1, 0.15) is 44.1 Å². The van der Waals surface area contributed by atoms with E-state index in [-0.39, 0.29) is 5.91 Å². The topological polar surface area (TPSA) is 56.7 Å². The molecular weight excluding hydrogens is 290 g/mol. The largest absolute Gasteiger partial charge is 0.389 e. The molecule has 5 heteroatoms. The van der Waals surface area contributed by atoms with E-state index in [1.807, 2.05) is 29.4 Å². The van der Waals surface area contributed by atoms with Crippen molar-refractivity contribution in [1.29, 1.82) is 0 Å². The number of carbonyl (C=O) groups is 1. The summed E-state index contributed by atoms with van der Waals surface area (Å²) in [7, 11) is 0. The van der Waals surface area contributed by atoms with Gasteiger partial charge in [0, 0.05) is 45.1 Å². The molecule has 0 bridgehead atoms. The Hall–Kier alpha value is -1.46. The molecule has 1 aliphatic heterocycles. The number of piperazine rings is 1. The van der Waals surface area contributed by atoms with E-state index >= 15 is 0 Å². The highest BCUT2D eigenvalue weighted by atomic mass is 16.3. The lowest BCUT2D eigenvalue weighted by atomic mass is 9.82. The predicted molar refractivity (Wildman–Crippen MR) is 88.7 cm³/mol. The second-order valence-corrected chi connectivity index (χ2v) is 6.97. The Labute approximate surface area is 138 Å². The molecule has 0 atom stereocenters. The van der Waals surface area contributed by atoms with Crippen molar-refractivity contribution in [2.24, 2.45) is 0 Å². The van der Waals surface area contributed by atoms with Crippen molar-refractivity contribution in [2.75, 3.05) is 26.2 Å². The fraction of sp³-hybridized carbons (Fsp3) is 0.667. The molecule has 23 heavy (non-hydrogen) atoms. The van der Waals surface area contributed by atoms with Gasteiger partial charge in [-0.15, -0.1) is 0 Å². The van der Waals surface area contributed by atoms with E-state index in [1.54, 1.807) is 0 Å².